The molecule has 0 bridgehead atoms. The average Bonchev–Trinajstić information content (AvgIpc) is 2.15. The van der Waals surface area contributed by atoms with Gasteiger partial charge in [0.2, 0.25) is 0 Å². The Labute approximate surface area is 99.9 Å². The van der Waals surface area contributed by atoms with Crippen LogP contribution < -0.4 is 5.73 Å². The molecule has 0 aromatic carbocycles. The maximum atomic E-state index is 6.72. The molecular formula is C14H27NO. The Hall–Kier alpha value is -0.0800. The van der Waals surface area contributed by atoms with Crippen molar-refractivity contribution in [2.24, 2.45) is 23.0 Å². The Balaban J connectivity index is 2.09. The van der Waals surface area contributed by atoms with Crippen LogP contribution in [0.5, 0.6) is 0 Å². The molecule has 0 amide bonds. The Morgan fingerprint density at radius 1 is 1.25 bits per heavy atom. The van der Waals surface area contributed by atoms with Crippen LogP contribution >= 0.6 is 0 Å². The van der Waals surface area contributed by atoms with Crippen LogP contribution in [-0.2, 0) is 4.74 Å². The van der Waals surface area contributed by atoms with E-state index in [0.717, 1.165) is 19.1 Å². The molecule has 2 heteroatoms. The highest BCUT2D eigenvalue weighted by atomic mass is 16.5. The minimum absolute atomic E-state index is 0.0294. The predicted octanol–water partition coefficient (Wildman–Crippen LogP) is 2.96. The van der Waals surface area contributed by atoms with Crippen molar-refractivity contribution in [2.45, 2.75) is 58.4 Å². The summed E-state index contributed by atoms with van der Waals surface area (Å²) in [5.41, 5.74) is 7.16. The molecule has 94 valence electrons. The van der Waals surface area contributed by atoms with Crippen molar-refractivity contribution in [3.8, 4) is 0 Å². The third-order valence-electron chi connectivity index (χ3n) is 4.41. The van der Waals surface area contributed by atoms with E-state index in [1.165, 1.54) is 32.1 Å². The second kappa shape index (κ2) is 4.30. The molecule has 3 unspecified atom stereocenters. The normalized spacial score (nSPS) is 44.2. The number of hydrogen-bond acceptors (Lipinski definition) is 2. The van der Waals surface area contributed by atoms with Gasteiger partial charge in [-0.1, -0.05) is 20.8 Å². The van der Waals surface area contributed by atoms with Gasteiger partial charge in [-0.25, -0.2) is 0 Å². The number of hydrogen-bond donors (Lipinski definition) is 1. The van der Waals surface area contributed by atoms with Gasteiger partial charge in [0.25, 0.3) is 0 Å². The van der Waals surface area contributed by atoms with Crippen LogP contribution in [0.15, 0.2) is 0 Å². The van der Waals surface area contributed by atoms with Crippen molar-refractivity contribution in [3.05, 3.63) is 0 Å². The van der Waals surface area contributed by atoms with Crippen LogP contribution in [-0.4, -0.2) is 18.8 Å². The Kier molecular flexibility index (Phi) is 3.33. The lowest BCUT2D eigenvalue weighted by molar-refractivity contribution is -0.0174. The molecule has 1 saturated carbocycles. The van der Waals surface area contributed by atoms with Gasteiger partial charge in [-0.3, -0.25) is 0 Å². The highest BCUT2D eigenvalue weighted by Gasteiger charge is 2.45. The summed E-state index contributed by atoms with van der Waals surface area (Å²) in [6.45, 7) is 8.92. The summed E-state index contributed by atoms with van der Waals surface area (Å²) in [5, 5.41) is 0. The number of ether oxygens (including phenoxy) is 1. The fourth-order valence-corrected chi connectivity index (χ4v) is 4.20. The summed E-state index contributed by atoms with van der Waals surface area (Å²) in [6, 6.07) is 0. The molecular weight excluding hydrogens is 198 g/mol. The van der Waals surface area contributed by atoms with Crippen LogP contribution in [0.3, 0.4) is 0 Å². The van der Waals surface area contributed by atoms with Crippen LogP contribution in [0.1, 0.15) is 52.9 Å². The van der Waals surface area contributed by atoms with E-state index in [2.05, 4.69) is 20.8 Å². The van der Waals surface area contributed by atoms with E-state index in [9.17, 15) is 0 Å². The molecule has 1 saturated heterocycles. The van der Waals surface area contributed by atoms with Crippen LogP contribution in [0.4, 0.5) is 0 Å². The van der Waals surface area contributed by atoms with E-state index < -0.39 is 0 Å². The number of rotatable bonds is 1. The van der Waals surface area contributed by atoms with Crippen molar-refractivity contribution >= 4 is 0 Å². The van der Waals surface area contributed by atoms with Gasteiger partial charge in [0.1, 0.15) is 0 Å². The highest BCUT2D eigenvalue weighted by Crippen LogP contribution is 2.47. The van der Waals surface area contributed by atoms with E-state index in [1.807, 2.05) is 0 Å². The lowest BCUT2D eigenvalue weighted by atomic mass is 9.60. The first-order chi connectivity index (χ1) is 7.41. The van der Waals surface area contributed by atoms with Gasteiger partial charge < -0.3 is 10.5 Å². The fourth-order valence-electron chi connectivity index (χ4n) is 4.20. The third-order valence-corrected chi connectivity index (χ3v) is 4.41. The zero-order valence-corrected chi connectivity index (χ0v) is 11.1. The minimum atomic E-state index is 0.0294. The van der Waals surface area contributed by atoms with Crippen molar-refractivity contribution in [1.82, 2.24) is 0 Å². The predicted molar refractivity (Wildman–Crippen MR) is 67.3 cm³/mol. The van der Waals surface area contributed by atoms with E-state index in [4.69, 9.17) is 10.5 Å². The lowest BCUT2D eigenvalue weighted by Crippen LogP contribution is -2.56. The fraction of sp³-hybridized carbons (Fsp3) is 1.00. The first-order valence-corrected chi connectivity index (χ1v) is 6.78. The van der Waals surface area contributed by atoms with Crippen LogP contribution in [0.2, 0.25) is 0 Å². The monoisotopic (exact) mass is 225 g/mol. The smallest absolute Gasteiger partial charge is 0.0511 e. The van der Waals surface area contributed by atoms with Gasteiger partial charge in [0, 0.05) is 18.1 Å². The average molecular weight is 225 g/mol. The molecule has 2 aliphatic rings. The molecule has 1 aliphatic heterocycles. The molecule has 0 spiro atoms. The summed E-state index contributed by atoms with van der Waals surface area (Å²) in [7, 11) is 0. The zero-order chi connectivity index (χ0) is 11.8. The molecule has 0 aromatic rings. The molecule has 16 heavy (non-hydrogen) atoms. The van der Waals surface area contributed by atoms with Gasteiger partial charge in [-0.05, 0) is 43.4 Å². The zero-order valence-electron chi connectivity index (χ0n) is 11.1. The van der Waals surface area contributed by atoms with Crippen molar-refractivity contribution in [2.75, 3.05) is 13.2 Å². The molecule has 0 aromatic heterocycles. The van der Waals surface area contributed by atoms with Gasteiger partial charge in [-0.2, -0.15) is 0 Å². The summed E-state index contributed by atoms with van der Waals surface area (Å²) in [5.74, 6) is 1.35. The van der Waals surface area contributed by atoms with Crippen LogP contribution in [0.25, 0.3) is 0 Å². The molecule has 2 nitrogen and oxygen atoms in total. The summed E-state index contributed by atoms with van der Waals surface area (Å²) in [6.07, 6.45) is 6.13. The molecule has 2 rings (SSSR count). The summed E-state index contributed by atoms with van der Waals surface area (Å²) in [4.78, 5) is 0. The molecule has 1 heterocycles. The standard InChI is InChI=1S/C14H27NO/c1-11-7-13(2,3)10-14(15,8-11)12-5-4-6-16-9-12/h11-12H,4-10,15H2,1-3H3. The first kappa shape index (κ1) is 12.4. The summed E-state index contributed by atoms with van der Waals surface area (Å²) < 4.78 is 5.62. The molecule has 1 aliphatic carbocycles. The SMILES string of the molecule is CC1CC(C)(C)CC(N)(C2CCCOC2)C1. The van der Waals surface area contributed by atoms with Gasteiger partial charge >= 0.3 is 0 Å². The molecule has 2 fully saturated rings. The quantitative estimate of drug-likeness (QED) is 0.744. The van der Waals surface area contributed by atoms with Crippen molar-refractivity contribution in [3.63, 3.8) is 0 Å². The Bertz CT molecular complexity index is 245. The lowest BCUT2D eigenvalue weighted by Gasteiger charge is -2.50. The minimum Gasteiger partial charge on any atom is -0.381 e. The first-order valence-electron chi connectivity index (χ1n) is 6.78. The van der Waals surface area contributed by atoms with Gasteiger partial charge in [0.15, 0.2) is 0 Å². The third kappa shape index (κ3) is 2.60. The van der Waals surface area contributed by atoms with Gasteiger partial charge in [-0.15, -0.1) is 0 Å². The van der Waals surface area contributed by atoms with E-state index in [-0.39, 0.29) is 5.54 Å². The van der Waals surface area contributed by atoms with Crippen LogP contribution in [0, 0.1) is 17.3 Å². The number of nitrogens with two attached hydrogens (primary N) is 1. The molecule has 3 atom stereocenters. The Morgan fingerprint density at radius 2 is 2.00 bits per heavy atom. The maximum absolute atomic E-state index is 6.72. The van der Waals surface area contributed by atoms with E-state index in [1.54, 1.807) is 0 Å². The molecule has 2 N–H and O–H groups in total. The Morgan fingerprint density at radius 3 is 2.56 bits per heavy atom. The van der Waals surface area contributed by atoms with Crippen molar-refractivity contribution in [1.29, 1.82) is 0 Å². The van der Waals surface area contributed by atoms with Crippen molar-refractivity contribution < 1.29 is 4.74 Å². The molecule has 0 radical (unpaired) electrons. The van der Waals surface area contributed by atoms with E-state index >= 15 is 0 Å². The second-order valence-corrected chi connectivity index (χ2v) is 7.00. The van der Waals surface area contributed by atoms with E-state index in [0.29, 0.717) is 11.3 Å². The topological polar surface area (TPSA) is 35.2 Å². The maximum Gasteiger partial charge on any atom is 0.0511 e. The second-order valence-electron chi connectivity index (χ2n) is 7.00. The highest BCUT2D eigenvalue weighted by molar-refractivity contribution is 5.01. The summed E-state index contributed by atoms with van der Waals surface area (Å²) >= 11 is 0. The van der Waals surface area contributed by atoms with Gasteiger partial charge in [0.05, 0.1) is 6.61 Å². The largest absolute Gasteiger partial charge is 0.381 e.